The molecule has 1 rings (SSSR count). The summed E-state index contributed by atoms with van der Waals surface area (Å²) >= 11 is 0. The van der Waals surface area contributed by atoms with Crippen LogP contribution in [-0.4, -0.2) is 6.10 Å². The molecule has 0 amide bonds. The normalized spacial score (nSPS) is 20.7. The summed E-state index contributed by atoms with van der Waals surface area (Å²) in [6.45, 7) is 0. The summed E-state index contributed by atoms with van der Waals surface area (Å²) in [7, 11) is -4.83. The Morgan fingerprint density at radius 3 is 1.24 bits per heavy atom. The van der Waals surface area contributed by atoms with Gasteiger partial charge in [-0.2, -0.15) is 0 Å². The molecule has 0 saturated heterocycles. The second kappa shape index (κ2) is 15.6. The van der Waals surface area contributed by atoms with Crippen molar-refractivity contribution in [2.45, 2.75) is 89.6 Å². The van der Waals surface area contributed by atoms with Crippen LogP contribution in [-0.2, 0) is 9.09 Å². The van der Waals surface area contributed by atoms with Crippen LogP contribution in [0.25, 0.3) is 0 Å². The topological polar surface area (TPSA) is 72.4 Å². The average Bonchev–Trinajstić information content (AvgIpc) is 2.32. The molecule has 1 aliphatic rings. The monoisotopic (exact) mass is 336 g/mol. The van der Waals surface area contributed by atoms with E-state index in [9.17, 15) is 14.4 Å². The van der Waals surface area contributed by atoms with Crippen molar-refractivity contribution >= 4 is 7.82 Å². The van der Waals surface area contributed by atoms with Gasteiger partial charge in [-0.25, -0.2) is 0 Å². The van der Waals surface area contributed by atoms with Gasteiger partial charge < -0.3 is 18.9 Å². The summed E-state index contributed by atoms with van der Waals surface area (Å²) in [6, 6.07) is 0. The van der Waals surface area contributed by atoms with Crippen LogP contribution in [0, 0.1) is 0 Å². The van der Waals surface area contributed by atoms with E-state index in [1.807, 2.05) is 0 Å². The molecule has 0 aromatic carbocycles. The summed E-state index contributed by atoms with van der Waals surface area (Å²) in [5, 5.41) is 0. The van der Waals surface area contributed by atoms with Gasteiger partial charge in [0.2, 0.25) is 0 Å². The fraction of sp³-hybridized carbons (Fsp3) is 1.00. The zero-order valence-corrected chi connectivity index (χ0v) is 18.7. The zero-order valence-electron chi connectivity index (χ0n) is 13.8. The van der Waals surface area contributed by atoms with Crippen molar-refractivity contribution in [3.05, 3.63) is 0 Å². The first-order chi connectivity index (χ1) is 9.08. The minimum atomic E-state index is -4.83. The molecule has 4 nitrogen and oxygen atoms in total. The van der Waals surface area contributed by atoms with Gasteiger partial charge in [0.15, 0.2) is 0 Å². The van der Waals surface area contributed by atoms with Gasteiger partial charge in [-0.15, -0.1) is 0 Å². The third-order valence-corrected chi connectivity index (χ3v) is 4.39. The molecule has 0 aliphatic heterocycles. The molecular formula is C14H27Na2O4P. The van der Waals surface area contributed by atoms with Crippen molar-refractivity contribution in [3.63, 3.8) is 0 Å². The molecule has 0 radical (unpaired) electrons. The largest absolute Gasteiger partial charge is 1.00 e. The van der Waals surface area contributed by atoms with Gasteiger partial charge in [0.1, 0.15) is 0 Å². The minimum absolute atomic E-state index is 0. The van der Waals surface area contributed by atoms with E-state index in [2.05, 4.69) is 4.52 Å². The van der Waals surface area contributed by atoms with Crippen LogP contribution < -0.4 is 68.9 Å². The van der Waals surface area contributed by atoms with Crippen molar-refractivity contribution in [1.82, 2.24) is 0 Å². The maximum Gasteiger partial charge on any atom is 1.00 e. The van der Waals surface area contributed by atoms with Crippen LogP contribution in [0.2, 0.25) is 0 Å². The molecule has 0 bridgehead atoms. The quantitative estimate of drug-likeness (QED) is 0.406. The fourth-order valence-corrected chi connectivity index (χ4v) is 3.34. The minimum Gasteiger partial charge on any atom is -0.790 e. The molecule has 1 aliphatic carbocycles. The molecule has 0 spiro atoms. The van der Waals surface area contributed by atoms with Crippen LogP contribution in [0.3, 0.4) is 0 Å². The average molecular weight is 336 g/mol. The maximum atomic E-state index is 10.7. The first-order valence-electron chi connectivity index (χ1n) is 7.78. The van der Waals surface area contributed by atoms with E-state index in [1.165, 1.54) is 44.9 Å². The van der Waals surface area contributed by atoms with Gasteiger partial charge in [-0.1, -0.05) is 70.6 Å². The van der Waals surface area contributed by atoms with E-state index in [-0.39, 0.29) is 65.2 Å². The molecule has 0 unspecified atom stereocenters. The standard InChI is InChI=1S/C14H29O4P.2Na/c15-19(16,17)18-14-12-10-8-6-4-2-1-3-5-7-9-11-13-14;;/h14H,1-13H2,(H2,15,16,17);;/q;2*+1/p-2. The van der Waals surface area contributed by atoms with Crippen molar-refractivity contribution in [3.8, 4) is 0 Å². The van der Waals surface area contributed by atoms with E-state index < -0.39 is 7.82 Å². The zero-order chi connectivity index (χ0) is 14.0. The van der Waals surface area contributed by atoms with E-state index in [0.29, 0.717) is 12.8 Å². The third-order valence-electron chi connectivity index (χ3n) is 3.83. The molecule has 21 heavy (non-hydrogen) atoms. The van der Waals surface area contributed by atoms with Gasteiger partial charge >= 0.3 is 59.1 Å². The van der Waals surface area contributed by atoms with E-state index in [0.717, 1.165) is 25.7 Å². The Morgan fingerprint density at radius 2 is 0.952 bits per heavy atom. The molecular weight excluding hydrogens is 309 g/mol. The van der Waals surface area contributed by atoms with Gasteiger partial charge in [0.05, 0.1) is 13.9 Å². The van der Waals surface area contributed by atoms with E-state index in [4.69, 9.17) is 0 Å². The molecule has 1 saturated carbocycles. The van der Waals surface area contributed by atoms with Gasteiger partial charge in [0.25, 0.3) is 0 Å². The second-order valence-electron chi connectivity index (χ2n) is 5.64. The molecule has 0 atom stereocenters. The molecule has 0 aromatic rings. The van der Waals surface area contributed by atoms with E-state index in [1.54, 1.807) is 0 Å². The summed E-state index contributed by atoms with van der Waals surface area (Å²) < 4.78 is 15.4. The summed E-state index contributed by atoms with van der Waals surface area (Å²) in [4.78, 5) is 21.4. The molecule has 7 heteroatoms. The van der Waals surface area contributed by atoms with Gasteiger partial charge in [-0.3, -0.25) is 0 Å². The third kappa shape index (κ3) is 16.7. The molecule has 0 heterocycles. The Bertz CT molecular complexity index is 260. The Labute approximate surface area is 174 Å². The molecule has 0 N–H and O–H groups in total. The molecule has 1 fully saturated rings. The van der Waals surface area contributed by atoms with Crippen molar-refractivity contribution in [2.75, 3.05) is 0 Å². The second-order valence-corrected chi connectivity index (χ2v) is 6.75. The fourth-order valence-electron chi connectivity index (χ4n) is 2.77. The number of rotatable bonds is 2. The summed E-state index contributed by atoms with van der Waals surface area (Å²) in [5.74, 6) is 0. The van der Waals surface area contributed by atoms with E-state index >= 15 is 0 Å². The van der Waals surface area contributed by atoms with Crippen LogP contribution in [0.1, 0.15) is 83.5 Å². The van der Waals surface area contributed by atoms with Crippen LogP contribution in [0.5, 0.6) is 0 Å². The Hall–Kier alpha value is 2.11. The smallest absolute Gasteiger partial charge is 0.790 e. The maximum absolute atomic E-state index is 10.7. The Morgan fingerprint density at radius 1 is 0.667 bits per heavy atom. The Balaban J connectivity index is 0. The number of hydrogen-bond donors (Lipinski definition) is 0. The van der Waals surface area contributed by atoms with Crippen molar-refractivity contribution in [1.29, 1.82) is 0 Å². The molecule has 114 valence electrons. The number of phosphoric ester groups is 1. The summed E-state index contributed by atoms with van der Waals surface area (Å²) in [6.07, 6.45) is 14.1. The first-order valence-corrected chi connectivity index (χ1v) is 9.24. The first kappa shape index (κ1) is 25.4. The van der Waals surface area contributed by atoms with Crippen molar-refractivity contribution in [2.24, 2.45) is 0 Å². The van der Waals surface area contributed by atoms with Crippen LogP contribution in [0.15, 0.2) is 0 Å². The van der Waals surface area contributed by atoms with Crippen molar-refractivity contribution < 1.29 is 78.0 Å². The Kier molecular flexibility index (Phi) is 18.9. The predicted molar refractivity (Wildman–Crippen MR) is 72.5 cm³/mol. The summed E-state index contributed by atoms with van der Waals surface area (Å²) in [5.41, 5.74) is 0. The van der Waals surface area contributed by atoms with Crippen LogP contribution in [0.4, 0.5) is 0 Å². The molecule has 0 aromatic heterocycles. The predicted octanol–water partition coefficient (Wildman–Crippen LogP) is -2.71. The number of phosphoric acid groups is 1. The SMILES string of the molecule is O=P([O-])([O-])OC1CCCCCCCCCCCCC1.[Na+].[Na+]. The van der Waals surface area contributed by atoms with Gasteiger partial charge in [-0.05, 0) is 12.8 Å². The van der Waals surface area contributed by atoms with Crippen LogP contribution >= 0.6 is 7.82 Å². The number of hydrogen-bond acceptors (Lipinski definition) is 4. The van der Waals surface area contributed by atoms with Gasteiger partial charge in [0, 0.05) is 0 Å².